The summed E-state index contributed by atoms with van der Waals surface area (Å²) in [6.07, 6.45) is 0.404. The number of fused-ring (bicyclic) bond motifs is 1. The van der Waals surface area contributed by atoms with Crippen LogP contribution in [0.5, 0.6) is 0 Å². The molecule has 0 fully saturated rings. The van der Waals surface area contributed by atoms with Crippen molar-refractivity contribution in [3.63, 3.8) is 0 Å². The molecule has 0 saturated heterocycles. The van der Waals surface area contributed by atoms with Crippen LogP contribution in [0.1, 0.15) is 41.3 Å². The lowest BCUT2D eigenvalue weighted by atomic mass is 10.1. The molecule has 1 aliphatic rings. The molecule has 3 atom stereocenters. The summed E-state index contributed by atoms with van der Waals surface area (Å²) in [6, 6.07) is 18.3. The monoisotopic (exact) mass is 268 g/mol. The van der Waals surface area contributed by atoms with Gasteiger partial charge in [0.05, 0.1) is 6.10 Å². The van der Waals surface area contributed by atoms with Crippen LogP contribution in [0.25, 0.3) is 0 Å². The maximum absolute atomic E-state index is 10.2. The van der Waals surface area contributed by atoms with E-state index in [9.17, 15) is 5.11 Å². The fourth-order valence-electron chi connectivity index (χ4n) is 2.91. The zero-order chi connectivity index (χ0) is 13.9. The Morgan fingerprint density at radius 3 is 2.45 bits per heavy atom. The second-order valence-corrected chi connectivity index (χ2v) is 5.36. The van der Waals surface area contributed by atoms with Gasteiger partial charge in [0.15, 0.2) is 0 Å². The number of rotatable bonds is 4. The van der Waals surface area contributed by atoms with Gasteiger partial charge < -0.3 is 16.2 Å². The van der Waals surface area contributed by atoms with Gasteiger partial charge in [-0.1, -0.05) is 54.6 Å². The van der Waals surface area contributed by atoms with E-state index in [2.05, 4.69) is 17.4 Å². The topological polar surface area (TPSA) is 58.3 Å². The van der Waals surface area contributed by atoms with E-state index < -0.39 is 6.10 Å². The molecule has 0 saturated carbocycles. The fraction of sp³-hybridized carbons (Fsp3) is 0.294. The molecule has 0 aliphatic heterocycles. The van der Waals surface area contributed by atoms with Crippen molar-refractivity contribution in [2.45, 2.75) is 24.6 Å². The van der Waals surface area contributed by atoms with Crippen molar-refractivity contribution >= 4 is 0 Å². The van der Waals surface area contributed by atoms with Gasteiger partial charge in [-0.2, -0.15) is 0 Å². The molecular formula is C17H20N2O. The summed E-state index contributed by atoms with van der Waals surface area (Å²) < 4.78 is 0. The molecule has 3 heteroatoms. The van der Waals surface area contributed by atoms with Crippen molar-refractivity contribution in [3.05, 3.63) is 71.3 Å². The van der Waals surface area contributed by atoms with E-state index in [1.165, 1.54) is 11.1 Å². The third kappa shape index (κ3) is 2.61. The van der Waals surface area contributed by atoms with Crippen LogP contribution in [0.3, 0.4) is 0 Å². The lowest BCUT2D eigenvalue weighted by molar-refractivity contribution is 0.169. The Kier molecular flexibility index (Phi) is 3.83. The summed E-state index contributed by atoms with van der Waals surface area (Å²) >= 11 is 0. The predicted molar refractivity (Wildman–Crippen MR) is 80.1 cm³/mol. The first kappa shape index (κ1) is 13.3. The highest BCUT2D eigenvalue weighted by Crippen LogP contribution is 2.37. The number of aliphatic hydroxyl groups excluding tert-OH is 1. The Hall–Kier alpha value is -1.68. The van der Waals surface area contributed by atoms with Crippen LogP contribution in [0.2, 0.25) is 0 Å². The highest BCUT2D eigenvalue weighted by Gasteiger charge is 2.28. The standard InChI is InChI=1S/C17H20N2O/c18-15-10-16(14-9-5-4-8-13(14)15)19-11-17(20)12-6-2-1-3-7-12/h1-9,15-17,19-20H,10-11,18H2. The number of nitrogens with two attached hydrogens (primary N) is 1. The molecule has 0 spiro atoms. The normalized spacial score (nSPS) is 22.5. The van der Waals surface area contributed by atoms with Gasteiger partial charge in [-0.25, -0.2) is 0 Å². The molecule has 0 heterocycles. The Balaban J connectivity index is 1.66. The third-order valence-electron chi connectivity index (χ3n) is 4.00. The van der Waals surface area contributed by atoms with Crippen molar-refractivity contribution in [2.24, 2.45) is 5.73 Å². The molecule has 0 bridgehead atoms. The number of hydrogen-bond donors (Lipinski definition) is 3. The summed E-state index contributed by atoms with van der Waals surface area (Å²) in [5.41, 5.74) is 9.58. The first-order chi connectivity index (χ1) is 9.75. The first-order valence-electron chi connectivity index (χ1n) is 7.06. The lowest BCUT2D eigenvalue weighted by Gasteiger charge is -2.17. The van der Waals surface area contributed by atoms with Gasteiger partial charge in [-0.05, 0) is 23.1 Å². The van der Waals surface area contributed by atoms with Crippen molar-refractivity contribution in [3.8, 4) is 0 Å². The quantitative estimate of drug-likeness (QED) is 0.798. The molecule has 3 unspecified atom stereocenters. The number of benzene rings is 2. The largest absolute Gasteiger partial charge is 0.387 e. The molecule has 3 rings (SSSR count). The van der Waals surface area contributed by atoms with Crippen molar-refractivity contribution < 1.29 is 5.11 Å². The van der Waals surface area contributed by atoms with E-state index in [-0.39, 0.29) is 12.1 Å². The second-order valence-electron chi connectivity index (χ2n) is 5.36. The maximum Gasteiger partial charge on any atom is 0.0914 e. The fourth-order valence-corrected chi connectivity index (χ4v) is 2.91. The Bertz CT molecular complexity index is 570. The minimum absolute atomic E-state index is 0.0950. The zero-order valence-electron chi connectivity index (χ0n) is 11.4. The molecule has 3 nitrogen and oxygen atoms in total. The maximum atomic E-state index is 10.2. The molecule has 104 valence electrons. The molecule has 0 radical (unpaired) electrons. The summed E-state index contributed by atoms with van der Waals surface area (Å²) in [4.78, 5) is 0. The molecule has 1 aliphatic carbocycles. The second kappa shape index (κ2) is 5.75. The Morgan fingerprint density at radius 2 is 1.70 bits per heavy atom. The highest BCUT2D eigenvalue weighted by molar-refractivity contribution is 5.37. The van der Waals surface area contributed by atoms with Crippen LogP contribution in [-0.2, 0) is 0 Å². The lowest BCUT2D eigenvalue weighted by Crippen LogP contribution is -2.25. The minimum Gasteiger partial charge on any atom is -0.387 e. The van der Waals surface area contributed by atoms with Crippen molar-refractivity contribution in [1.29, 1.82) is 0 Å². The van der Waals surface area contributed by atoms with Gasteiger partial charge in [0.2, 0.25) is 0 Å². The Labute approximate surface area is 119 Å². The summed E-state index contributed by atoms with van der Waals surface area (Å²) in [5.74, 6) is 0. The minimum atomic E-state index is -0.486. The van der Waals surface area contributed by atoms with Gasteiger partial charge in [0.25, 0.3) is 0 Å². The number of aliphatic hydroxyl groups is 1. The summed E-state index contributed by atoms with van der Waals surface area (Å²) in [7, 11) is 0. The van der Waals surface area contributed by atoms with Crippen LogP contribution >= 0.6 is 0 Å². The first-order valence-corrected chi connectivity index (χ1v) is 7.06. The van der Waals surface area contributed by atoms with Crippen LogP contribution in [0.4, 0.5) is 0 Å². The van der Waals surface area contributed by atoms with Gasteiger partial charge in [-0.3, -0.25) is 0 Å². The average molecular weight is 268 g/mol. The predicted octanol–water partition coefficient (Wildman–Crippen LogP) is 2.45. The van der Waals surface area contributed by atoms with Gasteiger partial charge in [0.1, 0.15) is 0 Å². The zero-order valence-corrected chi connectivity index (χ0v) is 11.4. The van der Waals surface area contributed by atoms with Gasteiger partial charge >= 0.3 is 0 Å². The van der Waals surface area contributed by atoms with E-state index in [4.69, 9.17) is 5.73 Å². The van der Waals surface area contributed by atoms with Crippen LogP contribution in [-0.4, -0.2) is 11.7 Å². The van der Waals surface area contributed by atoms with Gasteiger partial charge in [0, 0.05) is 18.6 Å². The van der Waals surface area contributed by atoms with E-state index >= 15 is 0 Å². The molecule has 20 heavy (non-hydrogen) atoms. The van der Waals surface area contributed by atoms with E-state index in [1.54, 1.807) is 0 Å². The van der Waals surface area contributed by atoms with E-state index in [1.807, 2.05) is 42.5 Å². The number of hydrogen-bond acceptors (Lipinski definition) is 3. The molecule has 2 aromatic rings. The summed E-state index contributed by atoms with van der Waals surface area (Å²) in [5, 5.41) is 13.6. The average Bonchev–Trinajstić information content (AvgIpc) is 2.83. The molecule has 2 aromatic carbocycles. The van der Waals surface area contributed by atoms with Gasteiger partial charge in [-0.15, -0.1) is 0 Å². The molecule has 0 amide bonds. The third-order valence-corrected chi connectivity index (χ3v) is 4.00. The van der Waals surface area contributed by atoms with E-state index in [0.29, 0.717) is 6.54 Å². The van der Waals surface area contributed by atoms with Crippen molar-refractivity contribution in [2.75, 3.05) is 6.54 Å². The molecule has 0 aromatic heterocycles. The van der Waals surface area contributed by atoms with Crippen LogP contribution < -0.4 is 11.1 Å². The SMILES string of the molecule is NC1CC(NCC(O)c2ccccc2)c2ccccc21. The molecular weight excluding hydrogens is 248 g/mol. The Morgan fingerprint density at radius 1 is 1.05 bits per heavy atom. The van der Waals surface area contributed by atoms with Crippen LogP contribution in [0.15, 0.2) is 54.6 Å². The van der Waals surface area contributed by atoms with Crippen molar-refractivity contribution in [1.82, 2.24) is 5.32 Å². The summed E-state index contributed by atoms with van der Waals surface area (Å²) in [6.45, 7) is 0.537. The highest BCUT2D eigenvalue weighted by atomic mass is 16.3. The smallest absolute Gasteiger partial charge is 0.0914 e. The molecule has 4 N–H and O–H groups in total. The van der Waals surface area contributed by atoms with E-state index in [0.717, 1.165) is 12.0 Å². The number of nitrogens with one attached hydrogen (secondary N) is 1. The van der Waals surface area contributed by atoms with Crippen LogP contribution in [0, 0.1) is 0 Å².